The largest absolute Gasteiger partial charge is 0.299 e. The van der Waals surface area contributed by atoms with Gasteiger partial charge in [0.2, 0.25) is 0 Å². The van der Waals surface area contributed by atoms with E-state index >= 15 is 0 Å². The van der Waals surface area contributed by atoms with Crippen molar-refractivity contribution in [2.45, 2.75) is 72.1 Å². The van der Waals surface area contributed by atoms with Crippen LogP contribution in [0.1, 0.15) is 72.1 Å². The van der Waals surface area contributed by atoms with E-state index in [4.69, 9.17) is 0 Å². The van der Waals surface area contributed by atoms with Gasteiger partial charge in [-0.1, -0.05) is 26.3 Å². The maximum atomic E-state index is 12.8. The quantitative estimate of drug-likeness (QED) is 0.713. The zero-order valence-electron chi connectivity index (χ0n) is 15.4. The molecule has 4 aliphatic carbocycles. The summed E-state index contributed by atoms with van der Waals surface area (Å²) in [6, 6.07) is 0. The summed E-state index contributed by atoms with van der Waals surface area (Å²) in [5, 5.41) is 0. The van der Waals surface area contributed by atoms with Crippen molar-refractivity contribution in [1.29, 1.82) is 0 Å². The van der Waals surface area contributed by atoms with Gasteiger partial charge in [0.25, 0.3) is 0 Å². The van der Waals surface area contributed by atoms with Gasteiger partial charge in [0.15, 0.2) is 5.78 Å². The van der Waals surface area contributed by atoms with Crippen molar-refractivity contribution < 1.29 is 9.59 Å². The standard InChI is InChI=1S/C22H30O2/c1-13(2)21(24)20-9-8-19-18-6-4-14-12-15(23)5-7-16(14)17(18)10-11-22(19,20)3/h12-13,18-20H,4-11H2,1-3H3/t18-,19+,20-,22+/m1/s1. The van der Waals surface area contributed by atoms with Gasteiger partial charge in [-0.05, 0) is 79.4 Å². The van der Waals surface area contributed by atoms with Crippen LogP contribution < -0.4 is 0 Å². The lowest BCUT2D eigenvalue weighted by molar-refractivity contribution is -0.130. The topological polar surface area (TPSA) is 34.1 Å². The molecular weight excluding hydrogens is 296 g/mol. The van der Waals surface area contributed by atoms with Crippen LogP contribution in [0, 0.1) is 29.1 Å². The van der Waals surface area contributed by atoms with Gasteiger partial charge in [-0.25, -0.2) is 0 Å². The third kappa shape index (κ3) is 2.29. The highest BCUT2D eigenvalue weighted by atomic mass is 16.1. The van der Waals surface area contributed by atoms with Gasteiger partial charge in [-0.15, -0.1) is 0 Å². The third-order valence-electron chi connectivity index (χ3n) is 7.64. The lowest BCUT2D eigenvalue weighted by Gasteiger charge is -2.49. The Morgan fingerprint density at radius 1 is 1.12 bits per heavy atom. The van der Waals surface area contributed by atoms with Crippen LogP contribution in [-0.4, -0.2) is 11.6 Å². The summed E-state index contributed by atoms with van der Waals surface area (Å²) in [6.07, 6.45) is 10.5. The summed E-state index contributed by atoms with van der Waals surface area (Å²) in [6.45, 7) is 6.53. The van der Waals surface area contributed by atoms with Crippen LogP contribution in [0.5, 0.6) is 0 Å². The van der Waals surface area contributed by atoms with Crippen molar-refractivity contribution in [2.24, 2.45) is 29.1 Å². The van der Waals surface area contributed by atoms with Gasteiger partial charge in [-0.2, -0.15) is 0 Å². The molecule has 0 aliphatic heterocycles. The normalized spacial score (nSPS) is 38.6. The molecule has 2 saturated carbocycles. The first kappa shape index (κ1) is 16.3. The number of Topliss-reactive ketones (excluding diaryl/α,β-unsaturated/α-hetero) is 1. The lowest BCUT2D eigenvalue weighted by Crippen LogP contribution is -2.42. The van der Waals surface area contributed by atoms with Crippen LogP contribution in [0.4, 0.5) is 0 Å². The highest BCUT2D eigenvalue weighted by molar-refractivity contribution is 5.93. The molecule has 0 unspecified atom stereocenters. The monoisotopic (exact) mass is 326 g/mol. The van der Waals surface area contributed by atoms with Crippen LogP contribution in [0.25, 0.3) is 0 Å². The molecule has 0 aromatic heterocycles. The average Bonchev–Trinajstić information content (AvgIpc) is 2.90. The van der Waals surface area contributed by atoms with E-state index in [1.807, 2.05) is 6.08 Å². The average molecular weight is 326 g/mol. The Morgan fingerprint density at radius 3 is 2.67 bits per heavy atom. The minimum atomic E-state index is 0.163. The smallest absolute Gasteiger partial charge is 0.156 e. The summed E-state index contributed by atoms with van der Waals surface area (Å²) in [4.78, 5) is 24.5. The fraction of sp³-hybridized carbons (Fsp3) is 0.727. The number of carbonyl (C=O) groups excluding carboxylic acids is 2. The van der Waals surface area contributed by atoms with Crippen LogP contribution >= 0.6 is 0 Å². The number of carbonyl (C=O) groups is 2. The SMILES string of the molecule is CC(C)C(=O)[C@H]1CC[C@H]2[C@@H]3CCC4=CC(=O)CCC4=C3CC[C@]12C. The molecule has 2 heteroatoms. The van der Waals surface area contributed by atoms with E-state index in [9.17, 15) is 9.59 Å². The molecule has 0 heterocycles. The predicted octanol–water partition coefficient (Wildman–Crippen LogP) is 5.03. The summed E-state index contributed by atoms with van der Waals surface area (Å²) < 4.78 is 0. The maximum absolute atomic E-state index is 12.8. The highest BCUT2D eigenvalue weighted by Gasteiger charge is 2.55. The fourth-order valence-corrected chi connectivity index (χ4v) is 6.40. The van der Waals surface area contributed by atoms with Crippen molar-refractivity contribution in [1.82, 2.24) is 0 Å². The molecular formula is C22H30O2. The Bertz CT molecular complexity index is 651. The van der Waals surface area contributed by atoms with E-state index in [0.717, 1.165) is 32.1 Å². The van der Waals surface area contributed by atoms with Gasteiger partial charge in [-0.3, -0.25) is 9.59 Å². The van der Waals surface area contributed by atoms with E-state index in [2.05, 4.69) is 20.8 Å². The third-order valence-corrected chi connectivity index (χ3v) is 7.64. The zero-order valence-corrected chi connectivity index (χ0v) is 15.4. The number of allylic oxidation sites excluding steroid dienone is 4. The maximum Gasteiger partial charge on any atom is 0.156 e. The first-order chi connectivity index (χ1) is 11.4. The minimum absolute atomic E-state index is 0.163. The summed E-state index contributed by atoms with van der Waals surface area (Å²) >= 11 is 0. The molecule has 2 nitrogen and oxygen atoms in total. The molecule has 0 radical (unpaired) electrons. The molecule has 4 atom stereocenters. The fourth-order valence-electron chi connectivity index (χ4n) is 6.40. The van der Waals surface area contributed by atoms with Crippen molar-refractivity contribution >= 4 is 11.6 Å². The van der Waals surface area contributed by atoms with Crippen molar-refractivity contribution in [3.8, 4) is 0 Å². The van der Waals surface area contributed by atoms with E-state index in [0.29, 0.717) is 29.8 Å². The number of rotatable bonds is 2. The predicted molar refractivity (Wildman–Crippen MR) is 95.5 cm³/mol. The van der Waals surface area contributed by atoms with Crippen molar-refractivity contribution in [3.05, 3.63) is 22.8 Å². The molecule has 130 valence electrons. The van der Waals surface area contributed by atoms with Crippen LogP contribution in [0.3, 0.4) is 0 Å². The van der Waals surface area contributed by atoms with E-state index in [-0.39, 0.29) is 17.3 Å². The first-order valence-corrected chi connectivity index (χ1v) is 9.91. The van der Waals surface area contributed by atoms with Crippen molar-refractivity contribution in [3.63, 3.8) is 0 Å². The van der Waals surface area contributed by atoms with Gasteiger partial charge < -0.3 is 0 Å². The highest BCUT2D eigenvalue weighted by Crippen LogP contribution is 2.62. The molecule has 0 aromatic rings. The van der Waals surface area contributed by atoms with Gasteiger partial charge in [0.1, 0.15) is 5.78 Å². The Hall–Kier alpha value is -1.18. The molecule has 0 aromatic carbocycles. The van der Waals surface area contributed by atoms with E-state index < -0.39 is 0 Å². The molecule has 2 fully saturated rings. The Balaban J connectivity index is 1.67. The molecule has 24 heavy (non-hydrogen) atoms. The molecule has 0 saturated heterocycles. The molecule has 4 rings (SSSR count). The Kier molecular flexibility index (Phi) is 3.85. The summed E-state index contributed by atoms with van der Waals surface area (Å²) in [7, 11) is 0. The second-order valence-electron chi connectivity index (χ2n) is 9.08. The number of ketones is 2. The van der Waals surface area contributed by atoms with E-state index in [1.54, 1.807) is 5.57 Å². The summed E-state index contributed by atoms with van der Waals surface area (Å²) in [5.41, 5.74) is 4.75. The Labute approximate surface area is 145 Å². The number of hydrogen-bond acceptors (Lipinski definition) is 2. The van der Waals surface area contributed by atoms with Crippen LogP contribution in [0.15, 0.2) is 22.8 Å². The van der Waals surface area contributed by atoms with Crippen molar-refractivity contribution in [2.75, 3.05) is 0 Å². The van der Waals surface area contributed by atoms with Gasteiger partial charge in [0, 0.05) is 18.3 Å². The lowest BCUT2D eigenvalue weighted by atomic mass is 9.55. The zero-order chi connectivity index (χ0) is 17.1. The second-order valence-corrected chi connectivity index (χ2v) is 9.08. The second kappa shape index (κ2) is 5.68. The van der Waals surface area contributed by atoms with Crippen LogP contribution in [-0.2, 0) is 9.59 Å². The van der Waals surface area contributed by atoms with Crippen LogP contribution in [0.2, 0.25) is 0 Å². The first-order valence-electron chi connectivity index (χ1n) is 9.91. The molecule has 0 bridgehead atoms. The Morgan fingerprint density at radius 2 is 1.92 bits per heavy atom. The molecule has 0 N–H and O–H groups in total. The number of fused-ring (bicyclic) bond motifs is 4. The van der Waals surface area contributed by atoms with E-state index in [1.165, 1.54) is 24.0 Å². The molecule has 4 aliphatic rings. The molecule has 0 spiro atoms. The summed E-state index contributed by atoms with van der Waals surface area (Å²) in [5.74, 6) is 2.61. The number of hydrogen-bond donors (Lipinski definition) is 0. The minimum Gasteiger partial charge on any atom is -0.299 e. The van der Waals surface area contributed by atoms with Gasteiger partial charge >= 0.3 is 0 Å². The molecule has 0 amide bonds. The van der Waals surface area contributed by atoms with Gasteiger partial charge in [0.05, 0.1) is 0 Å².